The van der Waals surface area contributed by atoms with Gasteiger partial charge in [0, 0.05) is 17.8 Å². The van der Waals surface area contributed by atoms with Crippen LogP contribution in [0.4, 0.5) is 16.2 Å². The number of carbonyl (C=O) groups is 3. The summed E-state index contributed by atoms with van der Waals surface area (Å²) in [5.41, 5.74) is 2.82. The summed E-state index contributed by atoms with van der Waals surface area (Å²) in [5, 5.41) is 16.0. The highest BCUT2D eigenvalue weighted by atomic mass is 16.6. The number of benzene rings is 3. The third-order valence-electron chi connectivity index (χ3n) is 5.61. The molecule has 0 unspecified atom stereocenters. The summed E-state index contributed by atoms with van der Waals surface area (Å²) in [7, 11) is 1.46. The predicted molar refractivity (Wildman–Crippen MR) is 138 cm³/mol. The van der Waals surface area contributed by atoms with Crippen LogP contribution in [0.25, 0.3) is 6.08 Å². The van der Waals surface area contributed by atoms with Gasteiger partial charge in [-0.15, -0.1) is 0 Å². The van der Waals surface area contributed by atoms with Crippen molar-refractivity contribution in [3.63, 3.8) is 0 Å². The zero-order valence-corrected chi connectivity index (χ0v) is 20.6. The fourth-order valence-corrected chi connectivity index (χ4v) is 3.72. The number of amides is 4. The van der Waals surface area contributed by atoms with Crippen molar-refractivity contribution in [1.29, 1.82) is 0 Å². The highest BCUT2D eigenvalue weighted by Crippen LogP contribution is 2.30. The van der Waals surface area contributed by atoms with E-state index >= 15 is 0 Å². The zero-order chi connectivity index (χ0) is 27.2. The number of non-ortho nitro benzene ring substituents is 1. The van der Waals surface area contributed by atoms with Gasteiger partial charge in [0.05, 0.1) is 12.0 Å². The van der Waals surface area contributed by atoms with Gasteiger partial charge in [-0.05, 0) is 66.1 Å². The molecular weight excluding hydrogens is 492 g/mol. The number of carbonyl (C=O) groups excluding carboxylic acids is 3. The van der Waals surface area contributed by atoms with Gasteiger partial charge in [0.2, 0.25) is 5.91 Å². The van der Waals surface area contributed by atoms with Crippen LogP contribution in [-0.4, -0.2) is 41.3 Å². The summed E-state index contributed by atoms with van der Waals surface area (Å²) in [5.74, 6) is -0.333. The second-order valence-electron chi connectivity index (χ2n) is 8.42. The molecule has 4 amide bonds. The van der Waals surface area contributed by atoms with E-state index in [2.05, 4.69) is 10.6 Å². The van der Waals surface area contributed by atoms with Crippen LogP contribution in [0, 0.1) is 17.0 Å². The lowest BCUT2D eigenvalue weighted by molar-refractivity contribution is -0.384. The minimum absolute atomic E-state index is 0.0113. The Labute approximate surface area is 217 Å². The van der Waals surface area contributed by atoms with Gasteiger partial charge in [0.1, 0.15) is 18.8 Å². The number of aryl methyl sites for hydroxylation is 1. The Balaban J connectivity index is 1.41. The monoisotopic (exact) mass is 516 g/mol. The first-order chi connectivity index (χ1) is 18.2. The van der Waals surface area contributed by atoms with Crippen molar-refractivity contribution >= 4 is 35.3 Å². The van der Waals surface area contributed by atoms with Crippen LogP contribution in [0.2, 0.25) is 0 Å². The number of rotatable bonds is 9. The molecule has 2 N–H and O–H groups in total. The molecule has 194 valence electrons. The molecule has 4 rings (SSSR count). The van der Waals surface area contributed by atoms with E-state index in [0.717, 1.165) is 16.0 Å². The van der Waals surface area contributed by atoms with E-state index in [-0.39, 0.29) is 18.0 Å². The molecule has 11 heteroatoms. The van der Waals surface area contributed by atoms with Gasteiger partial charge < -0.3 is 20.1 Å². The SMILES string of the molecule is COc1cc(/C=C2\NC(=O)N(CC(=O)Nc3cccc(C)c3)C2=O)ccc1OCc1ccc([N+](=O)[O-])cc1. The van der Waals surface area contributed by atoms with Crippen LogP contribution in [0.1, 0.15) is 16.7 Å². The Bertz CT molecular complexity index is 1430. The molecule has 1 heterocycles. The Morgan fingerprint density at radius 3 is 2.53 bits per heavy atom. The maximum Gasteiger partial charge on any atom is 0.329 e. The lowest BCUT2D eigenvalue weighted by atomic mass is 10.1. The molecule has 3 aromatic rings. The molecule has 0 saturated carbocycles. The third kappa shape index (κ3) is 6.13. The van der Waals surface area contributed by atoms with Gasteiger partial charge in [0.25, 0.3) is 11.6 Å². The second kappa shape index (κ2) is 11.2. The standard InChI is InChI=1S/C27H24N4O7/c1-17-4-3-5-20(12-17)28-25(32)15-30-26(33)22(29-27(30)34)13-19-8-11-23(24(14-19)37-2)38-16-18-6-9-21(10-7-18)31(35)36/h3-14H,15-16H2,1-2H3,(H,28,32)(H,29,34)/b22-13-. The number of nitro groups is 1. The van der Waals surface area contributed by atoms with E-state index in [1.54, 1.807) is 48.5 Å². The van der Waals surface area contributed by atoms with E-state index < -0.39 is 29.3 Å². The molecule has 3 aromatic carbocycles. The van der Waals surface area contributed by atoms with E-state index in [1.165, 1.54) is 25.3 Å². The van der Waals surface area contributed by atoms with Crippen LogP contribution in [0.15, 0.2) is 72.4 Å². The summed E-state index contributed by atoms with van der Waals surface area (Å²) >= 11 is 0. The number of nitrogens with one attached hydrogen (secondary N) is 2. The zero-order valence-electron chi connectivity index (χ0n) is 20.6. The molecule has 0 aliphatic carbocycles. The molecule has 0 bridgehead atoms. The first kappa shape index (κ1) is 25.9. The smallest absolute Gasteiger partial charge is 0.329 e. The normalized spacial score (nSPS) is 13.8. The summed E-state index contributed by atoms with van der Waals surface area (Å²) in [6, 6.07) is 17.4. The average Bonchev–Trinajstić information content (AvgIpc) is 3.15. The molecule has 1 fully saturated rings. The van der Waals surface area contributed by atoms with Crippen LogP contribution in [-0.2, 0) is 16.2 Å². The van der Waals surface area contributed by atoms with Gasteiger partial charge >= 0.3 is 6.03 Å². The number of hydrogen-bond donors (Lipinski definition) is 2. The number of ether oxygens (including phenoxy) is 2. The summed E-state index contributed by atoms with van der Waals surface area (Å²) in [4.78, 5) is 48.7. The maximum absolute atomic E-state index is 12.8. The highest BCUT2D eigenvalue weighted by molar-refractivity contribution is 6.16. The van der Waals surface area contributed by atoms with E-state index in [9.17, 15) is 24.5 Å². The maximum atomic E-state index is 12.8. The Morgan fingerprint density at radius 2 is 1.84 bits per heavy atom. The van der Waals surface area contributed by atoms with Crippen molar-refractivity contribution in [3.05, 3.63) is 99.2 Å². The minimum atomic E-state index is -0.698. The number of urea groups is 1. The van der Waals surface area contributed by atoms with Crippen molar-refractivity contribution in [2.75, 3.05) is 19.0 Å². The number of nitrogens with zero attached hydrogens (tertiary/aromatic N) is 2. The first-order valence-corrected chi connectivity index (χ1v) is 11.5. The minimum Gasteiger partial charge on any atom is -0.493 e. The second-order valence-corrected chi connectivity index (χ2v) is 8.42. The molecule has 1 aliphatic heterocycles. The molecule has 0 spiro atoms. The molecule has 0 radical (unpaired) electrons. The lowest BCUT2D eigenvalue weighted by Crippen LogP contribution is -2.38. The van der Waals surface area contributed by atoms with Crippen molar-refractivity contribution < 1.29 is 28.8 Å². The van der Waals surface area contributed by atoms with Crippen molar-refractivity contribution in [2.24, 2.45) is 0 Å². The topological polar surface area (TPSA) is 140 Å². The highest BCUT2D eigenvalue weighted by Gasteiger charge is 2.35. The van der Waals surface area contributed by atoms with E-state index in [4.69, 9.17) is 9.47 Å². The van der Waals surface area contributed by atoms with E-state index in [0.29, 0.717) is 22.7 Å². The fraction of sp³-hybridized carbons (Fsp3) is 0.148. The Kier molecular flexibility index (Phi) is 7.66. The quantitative estimate of drug-likeness (QED) is 0.189. The fourth-order valence-electron chi connectivity index (χ4n) is 3.72. The lowest BCUT2D eigenvalue weighted by Gasteiger charge is -2.12. The number of anilines is 1. The number of imide groups is 1. The average molecular weight is 517 g/mol. The Hall–Kier alpha value is -5.19. The van der Waals surface area contributed by atoms with Crippen LogP contribution in [0.3, 0.4) is 0 Å². The van der Waals surface area contributed by atoms with Crippen LogP contribution < -0.4 is 20.1 Å². The molecule has 0 aromatic heterocycles. The van der Waals surface area contributed by atoms with Gasteiger partial charge in [-0.25, -0.2) is 9.69 Å². The molecule has 0 atom stereocenters. The molecule has 11 nitrogen and oxygen atoms in total. The van der Waals surface area contributed by atoms with Crippen LogP contribution >= 0.6 is 0 Å². The van der Waals surface area contributed by atoms with Gasteiger partial charge in [-0.3, -0.25) is 19.7 Å². The first-order valence-electron chi connectivity index (χ1n) is 11.5. The van der Waals surface area contributed by atoms with Crippen molar-refractivity contribution in [1.82, 2.24) is 10.2 Å². The largest absolute Gasteiger partial charge is 0.493 e. The molecular formula is C27H24N4O7. The number of nitro benzene ring substituents is 1. The summed E-state index contributed by atoms with van der Waals surface area (Å²) in [6.07, 6.45) is 1.47. The van der Waals surface area contributed by atoms with E-state index in [1.807, 2.05) is 13.0 Å². The predicted octanol–water partition coefficient (Wildman–Crippen LogP) is 4.02. The van der Waals surface area contributed by atoms with Crippen molar-refractivity contribution in [2.45, 2.75) is 13.5 Å². The van der Waals surface area contributed by atoms with Crippen molar-refractivity contribution in [3.8, 4) is 11.5 Å². The van der Waals surface area contributed by atoms with Gasteiger partial charge in [-0.1, -0.05) is 18.2 Å². The molecule has 1 saturated heterocycles. The molecule has 1 aliphatic rings. The van der Waals surface area contributed by atoms with Crippen LogP contribution in [0.5, 0.6) is 11.5 Å². The third-order valence-corrected chi connectivity index (χ3v) is 5.61. The summed E-state index contributed by atoms with van der Waals surface area (Å²) in [6.45, 7) is 1.61. The summed E-state index contributed by atoms with van der Waals surface area (Å²) < 4.78 is 11.2. The number of hydrogen-bond acceptors (Lipinski definition) is 7. The van der Waals surface area contributed by atoms with Gasteiger partial charge in [0.15, 0.2) is 11.5 Å². The van der Waals surface area contributed by atoms with Gasteiger partial charge in [-0.2, -0.15) is 0 Å². The Morgan fingerprint density at radius 1 is 1.08 bits per heavy atom. The number of methoxy groups -OCH3 is 1. The molecule has 38 heavy (non-hydrogen) atoms.